The third-order valence-corrected chi connectivity index (χ3v) is 2.69. The highest BCUT2D eigenvalue weighted by Crippen LogP contribution is 2.28. The second-order valence-corrected chi connectivity index (χ2v) is 3.91. The Kier molecular flexibility index (Phi) is 2.28. The van der Waals surface area contributed by atoms with Gasteiger partial charge in [-0.15, -0.1) is 0 Å². The first-order valence-electron chi connectivity index (χ1n) is 4.33. The summed E-state index contributed by atoms with van der Waals surface area (Å²) < 4.78 is 5.29. The van der Waals surface area contributed by atoms with E-state index >= 15 is 0 Å². The molecule has 1 fully saturated rings. The van der Waals surface area contributed by atoms with Gasteiger partial charge in [-0.05, 0) is 24.1 Å². The van der Waals surface area contributed by atoms with Crippen molar-refractivity contribution in [2.75, 3.05) is 13.2 Å². The summed E-state index contributed by atoms with van der Waals surface area (Å²) in [5.74, 6) is 0. The molecule has 1 heterocycles. The molecule has 0 saturated carbocycles. The first kappa shape index (κ1) is 9.00. The van der Waals surface area contributed by atoms with Crippen molar-refractivity contribution in [3.63, 3.8) is 0 Å². The quantitative estimate of drug-likeness (QED) is 0.747. The van der Waals surface area contributed by atoms with Crippen LogP contribution in [0.1, 0.15) is 12.0 Å². The smallest absolute Gasteiger partial charge is 0.0689 e. The summed E-state index contributed by atoms with van der Waals surface area (Å²) in [5, 5.41) is 0.731. The van der Waals surface area contributed by atoms with Gasteiger partial charge in [0.2, 0.25) is 0 Å². The molecular formula is C10H12ClNO. The Balaban J connectivity index is 2.33. The van der Waals surface area contributed by atoms with Crippen molar-refractivity contribution in [2.45, 2.75) is 12.0 Å². The normalized spacial score (nSPS) is 27.8. The molecule has 2 N–H and O–H groups in total. The molecule has 0 aliphatic carbocycles. The van der Waals surface area contributed by atoms with E-state index in [1.165, 1.54) is 0 Å². The monoisotopic (exact) mass is 197 g/mol. The van der Waals surface area contributed by atoms with Crippen molar-refractivity contribution in [3.8, 4) is 0 Å². The highest BCUT2D eigenvalue weighted by atomic mass is 35.5. The fourth-order valence-electron chi connectivity index (χ4n) is 1.61. The Morgan fingerprint density at radius 1 is 1.46 bits per heavy atom. The van der Waals surface area contributed by atoms with E-state index < -0.39 is 0 Å². The summed E-state index contributed by atoms with van der Waals surface area (Å²) in [5.41, 5.74) is 6.90. The first-order chi connectivity index (χ1) is 6.21. The second kappa shape index (κ2) is 3.29. The van der Waals surface area contributed by atoms with Crippen LogP contribution in [0.15, 0.2) is 24.3 Å². The van der Waals surface area contributed by atoms with Crippen LogP contribution in [-0.4, -0.2) is 13.2 Å². The highest BCUT2D eigenvalue weighted by molar-refractivity contribution is 6.30. The molecule has 1 aliphatic heterocycles. The third-order valence-electron chi connectivity index (χ3n) is 2.45. The molecule has 1 aliphatic rings. The van der Waals surface area contributed by atoms with Crippen LogP contribution < -0.4 is 5.73 Å². The van der Waals surface area contributed by atoms with Crippen LogP contribution in [0, 0.1) is 0 Å². The number of hydrogen-bond acceptors (Lipinski definition) is 2. The SMILES string of the molecule is NC1(c2cccc(Cl)c2)CCOC1. The Morgan fingerprint density at radius 2 is 2.31 bits per heavy atom. The number of ether oxygens (including phenoxy) is 1. The minimum Gasteiger partial charge on any atom is -0.379 e. The summed E-state index contributed by atoms with van der Waals surface area (Å²) in [7, 11) is 0. The molecule has 0 aromatic heterocycles. The van der Waals surface area contributed by atoms with Crippen LogP contribution in [0.5, 0.6) is 0 Å². The standard InChI is InChI=1S/C10H12ClNO/c11-9-3-1-2-8(6-9)10(12)4-5-13-7-10/h1-3,6H,4-5,7,12H2. The Bertz CT molecular complexity index is 308. The van der Waals surface area contributed by atoms with Crippen LogP contribution >= 0.6 is 11.6 Å². The van der Waals surface area contributed by atoms with Gasteiger partial charge in [0.15, 0.2) is 0 Å². The molecule has 1 saturated heterocycles. The van der Waals surface area contributed by atoms with Gasteiger partial charge < -0.3 is 10.5 Å². The predicted octanol–water partition coefficient (Wildman–Crippen LogP) is 1.91. The van der Waals surface area contributed by atoms with E-state index in [9.17, 15) is 0 Å². The molecule has 0 amide bonds. The lowest BCUT2D eigenvalue weighted by Crippen LogP contribution is -2.36. The fraction of sp³-hybridized carbons (Fsp3) is 0.400. The van der Waals surface area contributed by atoms with E-state index in [-0.39, 0.29) is 5.54 Å². The van der Waals surface area contributed by atoms with Gasteiger partial charge >= 0.3 is 0 Å². The zero-order valence-electron chi connectivity index (χ0n) is 7.29. The van der Waals surface area contributed by atoms with Crippen molar-refractivity contribution in [1.82, 2.24) is 0 Å². The predicted molar refractivity (Wildman–Crippen MR) is 52.8 cm³/mol. The van der Waals surface area contributed by atoms with Crippen LogP contribution in [0.2, 0.25) is 5.02 Å². The number of hydrogen-bond donors (Lipinski definition) is 1. The van der Waals surface area contributed by atoms with Gasteiger partial charge in [0, 0.05) is 11.6 Å². The molecule has 2 rings (SSSR count). The molecule has 2 nitrogen and oxygen atoms in total. The average Bonchev–Trinajstić information content (AvgIpc) is 2.54. The average molecular weight is 198 g/mol. The van der Waals surface area contributed by atoms with Crippen molar-refractivity contribution in [3.05, 3.63) is 34.9 Å². The van der Waals surface area contributed by atoms with Gasteiger partial charge in [0.05, 0.1) is 12.1 Å². The van der Waals surface area contributed by atoms with Crippen molar-refractivity contribution in [2.24, 2.45) is 5.73 Å². The topological polar surface area (TPSA) is 35.2 Å². The molecular weight excluding hydrogens is 186 g/mol. The minimum atomic E-state index is -0.328. The van der Waals surface area contributed by atoms with Crippen molar-refractivity contribution in [1.29, 1.82) is 0 Å². The van der Waals surface area contributed by atoms with Crippen LogP contribution in [-0.2, 0) is 10.3 Å². The van der Waals surface area contributed by atoms with Gasteiger partial charge in [-0.25, -0.2) is 0 Å². The van der Waals surface area contributed by atoms with Gasteiger partial charge in [-0.2, -0.15) is 0 Å². The lowest BCUT2D eigenvalue weighted by atomic mass is 9.90. The maximum absolute atomic E-state index is 6.17. The van der Waals surface area contributed by atoms with Gasteiger partial charge in [-0.3, -0.25) is 0 Å². The van der Waals surface area contributed by atoms with E-state index in [1.807, 2.05) is 24.3 Å². The van der Waals surface area contributed by atoms with Gasteiger partial charge in [0.25, 0.3) is 0 Å². The zero-order valence-corrected chi connectivity index (χ0v) is 8.05. The van der Waals surface area contributed by atoms with Crippen LogP contribution in [0.3, 0.4) is 0 Å². The number of rotatable bonds is 1. The van der Waals surface area contributed by atoms with Gasteiger partial charge in [-0.1, -0.05) is 23.7 Å². The maximum Gasteiger partial charge on any atom is 0.0689 e. The van der Waals surface area contributed by atoms with E-state index in [4.69, 9.17) is 22.1 Å². The number of benzene rings is 1. The summed E-state index contributed by atoms with van der Waals surface area (Å²) >= 11 is 5.89. The molecule has 1 atom stereocenters. The summed E-state index contributed by atoms with van der Waals surface area (Å²) in [6.07, 6.45) is 0.868. The summed E-state index contributed by atoms with van der Waals surface area (Å²) in [4.78, 5) is 0. The molecule has 1 aromatic rings. The summed E-state index contributed by atoms with van der Waals surface area (Å²) in [6.45, 7) is 1.33. The van der Waals surface area contributed by atoms with E-state index in [2.05, 4.69) is 0 Å². The number of nitrogens with two attached hydrogens (primary N) is 1. The highest BCUT2D eigenvalue weighted by Gasteiger charge is 2.32. The molecule has 0 bridgehead atoms. The largest absolute Gasteiger partial charge is 0.379 e. The molecule has 70 valence electrons. The van der Waals surface area contributed by atoms with E-state index in [1.54, 1.807) is 0 Å². The molecule has 1 aromatic carbocycles. The Hall–Kier alpha value is -0.570. The molecule has 13 heavy (non-hydrogen) atoms. The Morgan fingerprint density at radius 3 is 2.92 bits per heavy atom. The van der Waals surface area contributed by atoms with E-state index in [0.717, 1.165) is 23.6 Å². The van der Waals surface area contributed by atoms with Crippen LogP contribution in [0.25, 0.3) is 0 Å². The molecule has 3 heteroatoms. The molecule has 1 unspecified atom stereocenters. The minimum absolute atomic E-state index is 0.328. The zero-order chi connectivity index (χ0) is 9.31. The fourth-order valence-corrected chi connectivity index (χ4v) is 1.80. The summed E-state index contributed by atoms with van der Waals surface area (Å²) in [6, 6.07) is 7.69. The van der Waals surface area contributed by atoms with E-state index in [0.29, 0.717) is 6.61 Å². The van der Waals surface area contributed by atoms with Gasteiger partial charge in [0.1, 0.15) is 0 Å². The second-order valence-electron chi connectivity index (χ2n) is 3.47. The molecule has 0 spiro atoms. The number of halogens is 1. The van der Waals surface area contributed by atoms with Crippen molar-refractivity contribution >= 4 is 11.6 Å². The Labute approximate surface area is 82.6 Å². The lowest BCUT2D eigenvalue weighted by Gasteiger charge is -2.22. The molecule has 0 radical (unpaired) electrons. The van der Waals surface area contributed by atoms with Crippen LogP contribution in [0.4, 0.5) is 0 Å². The third kappa shape index (κ3) is 1.70. The lowest BCUT2D eigenvalue weighted by molar-refractivity contribution is 0.178. The van der Waals surface area contributed by atoms with Crippen molar-refractivity contribution < 1.29 is 4.74 Å². The maximum atomic E-state index is 6.17. The first-order valence-corrected chi connectivity index (χ1v) is 4.71.